The molecule has 0 aliphatic carbocycles. The molecule has 1 atom stereocenters. The Morgan fingerprint density at radius 3 is 2.56 bits per heavy atom. The van der Waals surface area contributed by atoms with Crippen LogP contribution in [-0.4, -0.2) is 48.7 Å². The molecular formula is C23H21ClF3N7. The Balaban J connectivity index is 1.64. The van der Waals surface area contributed by atoms with E-state index in [0.717, 1.165) is 0 Å². The Hall–Kier alpha value is -3.27. The molecular weight excluding hydrogens is 467 g/mol. The van der Waals surface area contributed by atoms with Crippen LogP contribution in [0.1, 0.15) is 29.3 Å². The number of halogens is 4. The van der Waals surface area contributed by atoms with Crippen molar-refractivity contribution in [3.63, 3.8) is 0 Å². The number of aromatic nitrogens is 6. The fourth-order valence-corrected chi connectivity index (χ4v) is 4.32. The summed E-state index contributed by atoms with van der Waals surface area (Å²) in [6.45, 7) is 3.61. The summed E-state index contributed by atoms with van der Waals surface area (Å²) in [5.74, 6) is -4.37. The smallest absolute Gasteiger partial charge is 0.258 e. The van der Waals surface area contributed by atoms with Crippen LogP contribution < -0.4 is 4.90 Å². The van der Waals surface area contributed by atoms with Gasteiger partial charge in [-0.15, -0.1) is 0 Å². The SMILES string of the molecule is Cc1nc2nc(N3CCC(F)(F)[C@H](c4cnn(C)c4)C3)nc(-c3ccc(Cl)cc3F)c2nc1C. The summed E-state index contributed by atoms with van der Waals surface area (Å²) in [5, 5.41) is 4.29. The van der Waals surface area contributed by atoms with Gasteiger partial charge < -0.3 is 4.90 Å². The Kier molecular flexibility index (Phi) is 5.43. The molecule has 5 rings (SSSR count). The topological polar surface area (TPSA) is 72.6 Å². The summed E-state index contributed by atoms with van der Waals surface area (Å²) in [5.41, 5.74) is 2.79. The first-order valence-electron chi connectivity index (χ1n) is 10.7. The third kappa shape index (κ3) is 3.96. The molecule has 0 radical (unpaired) electrons. The molecule has 0 amide bonds. The van der Waals surface area contributed by atoms with E-state index in [2.05, 4.69) is 25.0 Å². The maximum Gasteiger partial charge on any atom is 0.258 e. The second kappa shape index (κ2) is 8.19. The second-order valence-electron chi connectivity index (χ2n) is 8.52. The molecule has 3 aromatic heterocycles. The van der Waals surface area contributed by atoms with Gasteiger partial charge in [0.05, 0.1) is 23.5 Å². The van der Waals surface area contributed by atoms with Crippen LogP contribution in [0.4, 0.5) is 19.1 Å². The molecule has 0 saturated carbocycles. The Morgan fingerprint density at radius 1 is 1.09 bits per heavy atom. The summed E-state index contributed by atoms with van der Waals surface area (Å²) in [6.07, 6.45) is 2.67. The van der Waals surface area contributed by atoms with Crippen molar-refractivity contribution in [2.75, 3.05) is 18.0 Å². The number of aryl methyl sites for hydroxylation is 3. The molecule has 0 N–H and O–H groups in total. The van der Waals surface area contributed by atoms with E-state index in [0.29, 0.717) is 22.5 Å². The van der Waals surface area contributed by atoms with E-state index in [9.17, 15) is 13.2 Å². The van der Waals surface area contributed by atoms with Crippen molar-refractivity contribution in [3.8, 4) is 11.3 Å². The summed E-state index contributed by atoms with van der Waals surface area (Å²) < 4.78 is 46.1. The molecule has 176 valence electrons. The van der Waals surface area contributed by atoms with E-state index in [1.165, 1.54) is 23.0 Å². The van der Waals surface area contributed by atoms with Crippen LogP contribution in [0.15, 0.2) is 30.6 Å². The molecule has 0 unspecified atom stereocenters. The van der Waals surface area contributed by atoms with Crippen LogP contribution in [0, 0.1) is 19.7 Å². The predicted molar refractivity (Wildman–Crippen MR) is 123 cm³/mol. The minimum atomic E-state index is -2.91. The van der Waals surface area contributed by atoms with Crippen LogP contribution >= 0.6 is 11.6 Å². The first-order chi connectivity index (χ1) is 16.1. The maximum atomic E-state index is 14.9. The van der Waals surface area contributed by atoms with Crippen molar-refractivity contribution >= 4 is 28.7 Å². The minimum absolute atomic E-state index is 0.0228. The van der Waals surface area contributed by atoms with Crippen molar-refractivity contribution in [2.24, 2.45) is 7.05 Å². The largest absolute Gasteiger partial charge is 0.340 e. The van der Waals surface area contributed by atoms with E-state index in [1.807, 2.05) is 0 Å². The van der Waals surface area contributed by atoms with Crippen LogP contribution in [0.3, 0.4) is 0 Å². The summed E-state index contributed by atoms with van der Waals surface area (Å²) in [4.78, 5) is 19.9. The third-order valence-electron chi connectivity index (χ3n) is 6.15. The Morgan fingerprint density at radius 2 is 1.85 bits per heavy atom. The van der Waals surface area contributed by atoms with Gasteiger partial charge in [-0.1, -0.05) is 11.6 Å². The zero-order valence-electron chi connectivity index (χ0n) is 18.7. The molecule has 1 aromatic carbocycles. The molecule has 4 aromatic rings. The monoisotopic (exact) mass is 487 g/mol. The van der Waals surface area contributed by atoms with E-state index < -0.39 is 17.7 Å². The standard InChI is InChI=1S/C23H21ClF3N7/c1-12-13(2)30-21-20(29-12)19(16-5-4-15(24)8-18(16)25)31-22(32-21)34-7-6-23(26,27)17(11-34)14-9-28-33(3)10-14/h4-5,8-10,17H,6-7,11H2,1-3H3/t17-/m0/s1. The summed E-state index contributed by atoms with van der Waals surface area (Å²) in [6, 6.07) is 4.27. The van der Waals surface area contributed by atoms with Crippen molar-refractivity contribution in [1.29, 1.82) is 0 Å². The lowest BCUT2D eigenvalue weighted by molar-refractivity contribution is -0.0425. The average Bonchev–Trinajstić information content (AvgIpc) is 3.20. The van der Waals surface area contributed by atoms with Gasteiger partial charge >= 0.3 is 0 Å². The molecule has 1 fully saturated rings. The van der Waals surface area contributed by atoms with Crippen molar-refractivity contribution in [2.45, 2.75) is 32.1 Å². The quantitative estimate of drug-likeness (QED) is 0.411. The van der Waals surface area contributed by atoms with Gasteiger partial charge in [-0.25, -0.2) is 28.1 Å². The highest BCUT2D eigenvalue weighted by atomic mass is 35.5. The van der Waals surface area contributed by atoms with Crippen LogP contribution in [0.25, 0.3) is 22.4 Å². The molecule has 11 heteroatoms. The minimum Gasteiger partial charge on any atom is -0.340 e. The van der Waals surface area contributed by atoms with Gasteiger partial charge in [0.15, 0.2) is 5.65 Å². The van der Waals surface area contributed by atoms with Gasteiger partial charge in [0.2, 0.25) is 5.95 Å². The van der Waals surface area contributed by atoms with Gasteiger partial charge in [-0.3, -0.25) is 4.68 Å². The molecule has 4 heterocycles. The number of benzene rings is 1. The van der Waals surface area contributed by atoms with E-state index >= 15 is 0 Å². The maximum absolute atomic E-state index is 14.9. The molecule has 1 aliphatic heterocycles. The molecule has 7 nitrogen and oxygen atoms in total. The number of anilines is 1. The number of fused-ring (bicyclic) bond motifs is 1. The zero-order chi connectivity index (χ0) is 24.2. The number of hydrogen-bond donors (Lipinski definition) is 0. The third-order valence-corrected chi connectivity index (χ3v) is 6.39. The molecule has 1 saturated heterocycles. The Labute approximate surface area is 198 Å². The number of hydrogen-bond acceptors (Lipinski definition) is 6. The number of piperidine rings is 1. The Bertz CT molecular complexity index is 1410. The highest BCUT2D eigenvalue weighted by molar-refractivity contribution is 6.30. The fraction of sp³-hybridized carbons (Fsp3) is 0.348. The lowest BCUT2D eigenvalue weighted by Crippen LogP contribution is -2.46. The van der Waals surface area contributed by atoms with E-state index in [1.54, 1.807) is 38.1 Å². The number of rotatable bonds is 3. The predicted octanol–water partition coefficient (Wildman–Crippen LogP) is 4.86. The van der Waals surface area contributed by atoms with Crippen LogP contribution in [-0.2, 0) is 7.05 Å². The van der Waals surface area contributed by atoms with Gasteiger partial charge in [-0.05, 0) is 32.0 Å². The van der Waals surface area contributed by atoms with E-state index in [4.69, 9.17) is 11.6 Å². The van der Waals surface area contributed by atoms with Gasteiger partial charge in [0.25, 0.3) is 5.92 Å². The van der Waals surface area contributed by atoms with Gasteiger partial charge in [0, 0.05) is 48.9 Å². The normalized spacial score (nSPS) is 18.0. The van der Waals surface area contributed by atoms with Crippen molar-refractivity contribution in [1.82, 2.24) is 29.7 Å². The molecule has 0 spiro atoms. The molecule has 0 bridgehead atoms. The van der Waals surface area contributed by atoms with Crippen molar-refractivity contribution in [3.05, 3.63) is 58.4 Å². The molecule has 34 heavy (non-hydrogen) atoms. The fourth-order valence-electron chi connectivity index (χ4n) is 4.17. The van der Waals surface area contributed by atoms with Gasteiger partial charge in [0.1, 0.15) is 17.0 Å². The zero-order valence-corrected chi connectivity index (χ0v) is 19.5. The second-order valence-corrected chi connectivity index (χ2v) is 8.96. The lowest BCUT2D eigenvalue weighted by atomic mass is 9.89. The van der Waals surface area contributed by atoms with Crippen LogP contribution in [0.2, 0.25) is 5.02 Å². The van der Waals surface area contributed by atoms with E-state index in [-0.39, 0.29) is 47.4 Å². The number of alkyl halides is 2. The molecule has 1 aliphatic rings. The average molecular weight is 488 g/mol. The first-order valence-corrected chi connectivity index (χ1v) is 11.1. The summed E-state index contributed by atoms with van der Waals surface area (Å²) >= 11 is 5.94. The van der Waals surface area contributed by atoms with Gasteiger partial charge in [-0.2, -0.15) is 10.1 Å². The van der Waals surface area contributed by atoms with Crippen LogP contribution in [0.5, 0.6) is 0 Å². The highest BCUT2D eigenvalue weighted by Crippen LogP contribution is 2.41. The first kappa shape index (κ1) is 22.5. The number of nitrogens with zero attached hydrogens (tertiary/aromatic N) is 7. The lowest BCUT2D eigenvalue weighted by Gasteiger charge is -2.38. The highest BCUT2D eigenvalue weighted by Gasteiger charge is 2.46. The van der Waals surface area contributed by atoms with Crippen molar-refractivity contribution < 1.29 is 13.2 Å². The summed E-state index contributed by atoms with van der Waals surface area (Å²) in [7, 11) is 1.69.